The molecule has 2 rings (SSSR count). The summed E-state index contributed by atoms with van der Waals surface area (Å²) in [5, 5.41) is 0.0635. The summed E-state index contributed by atoms with van der Waals surface area (Å²) in [6.07, 6.45) is 1.85. The summed E-state index contributed by atoms with van der Waals surface area (Å²) in [6.45, 7) is 6.01. The molecular weight excluding hydrogens is 320 g/mol. The Kier molecular flexibility index (Phi) is 5.77. The zero-order chi connectivity index (χ0) is 17.0. The van der Waals surface area contributed by atoms with Crippen molar-refractivity contribution in [1.82, 2.24) is 18.8 Å². The molecule has 0 radical (unpaired) electrons. The van der Waals surface area contributed by atoms with Crippen molar-refractivity contribution >= 4 is 15.9 Å². The second-order valence-electron chi connectivity index (χ2n) is 5.47. The highest BCUT2D eigenvalue weighted by Gasteiger charge is 2.31. The number of piperazine rings is 1. The maximum absolute atomic E-state index is 12.6. The zero-order valence-corrected chi connectivity index (χ0v) is 14.7. The van der Waals surface area contributed by atoms with E-state index in [1.54, 1.807) is 23.4 Å². The fraction of sp³-hybridized carbons (Fsp3) is 0.714. The Morgan fingerprint density at radius 1 is 1.30 bits per heavy atom. The molecular formula is C14H24N4O4S. The third-order valence-electron chi connectivity index (χ3n) is 3.95. The smallest absolute Gasteiger partial charge is 0.262 e. The van der Waals surface area contributed by atoms with Crippen LogP contribution in [0.1, 0.15) is 19.2 Å². The molecule has 0 spiro atoms. The maximum Gasteiger partial charge on any atom is 0.262 e. The molecule has 1 amide bonds. The SMILES string of the molecule is CCOCCC(=O)N1CCN(S(=O)(=O)c2cn(C)c(C)n2)CC1. The topological polar surface area (TPSA) is 84.7 Å². The van der Waals surface area contributed by atoms with E-state index in [0.717, 1.165) is 0 Å². The second kappa shape index (κ2) is 7.41. The van der Waals surface area contributed by atoms with Gasteiger partial charge >= 0.3 is 0 Å². The van der Waals surface area contributed by atoms with Gasteiger partial charge in [0.2, 0.25) is 5.91 Å². The van der Waals surface area contributed by atoms with Gasteiger partial charge in [-0.3, -0.25) is 4.79 Å². The first-order valence-electron chi connectivity index (χ1n) is 7.72. The summed E-state index contributed by atoms with van der Waals surface area (Å²) in [6, 6.07) is 0. The molecule has 0 aromatic carbocycles. The van der Waals surface area contributed by atoms with Gasteiger partial charge in [0.15, 0.2) is 5.03 Å². The van der Waals surface area contributed by atoms with E-state index < -0.39 is 10.0 Å². The predicted molar refractivity (Wildman–Crippen MR) is 84.4 cm³/mol. The van der Waals surface area contributed by atoms with Crippen molar-refractivity contribution in [2.45, 2.75) is 25.3 Å². The van der Waals surface area contributed by atoms with E-state index in [2.05, 4.69) is 4.98 Å². The van der Waals surface area contributed by atoms with E-state index in [9.17, 15) is 13.2 Å². The van der Waals surface area contributed by atoms with Crippen molar-refractivity contribution in [2.75, 3.05) is 39.4 Å². The first kappa shape index (κ1) is 17.9. The number of carbonyl (C=O) groups is 1. The highest BCUT2D eigenvalue weighted by Crippen LogP contribution is 2.17. The van der Waals surface area contributed by atoms with Gasteiger partial charge in [-0.25, -0.2) is 13.4 Å². The van der Waals surface area contributed by atoms with Gasteiger partial charge in [0.05, 0.1) is 13.0 Å². The fourth-order valence-corrected chi connectivity index (χ4v) is 3.87. The van der Waals surface area contributed by atoms with Crippen LogP contribution in [0.4, 0.5) is 0 Å². The summed E-state index contributed by atoms with van der Waals surface area (Å²) in [7, 11) is -1.83. The van der Waals surface area contributed by atoms with Gasteiger partial charge in [-0.2, -0.15) is 4.31 Å². The van der Waals surface area contributed by atoms with Crippen LogP contribution in [-0.2, 0) is 26.6 Å². The quantitative estimate of drug-likeness (QED) is 0.678. The molecule has 130 valence electrons. The molecule has 1 aromatic rings. The number of hydrogen-bond acceptors (Lipinski definition) is 5. The van der Waals surface area contributed by atoms with E-state index in [0.29, 0.717) is 51.6 Å². The number of sulfonamides is 1. The third-order valence-corrected chi connectivity index (χ3v) is 5.72. The van der Waals surface area contributed by atoms with Gasteiger partial charge in [0.25, 0.3) is 10.0 Å². The van der Waals surface area contributed by atoms with Crippen LogP contribution in [0.2, 0.25) is 0 Å². The van der Waals surface area contributed by atoms with Gasteiger partial charge in [-0.1, -0.05) is 0 Å². The lowest BCUT2D eigenvalue weighted by Gasteiger charge is -2.33. The van der Waals surface area contributed by atoms with Gasteiger partial charge in [0, 0.05) is 46.0 Å². The van der Waals surface area contributed by atoms with Gasteiger partial charge in [-0.05, 0) is 13.8 Å². The Morgan fingerprint density at radius 3 is 2.48 bits per heavy atom. The molecule has 0 unspecified atom stereocenters. The van der Waals surface area contributed by atoms with E-state index in [4.69, 9.17) is 4.74 Å². The highest BCUT2D eigenvalue weighted by molar-refractivity contribution is 7.89. The summed E-state index contributed by atoms with van der Waals surface area (Å²) in [5.41, 5.74) is 0. The number of nitrogens with zero attached hydrogens (tertiary/aromatic N) is 4. The molecule has 0 atom stereocenters. The number of imidazole rings is 1. The molecule has 1 aromatic heterocycles. The molecule has 9 heteroatoms. The molecule has 1 aliphatic rings. The molecule has 0 N–H and O–H groups in total. The Bertz CT molecular complexity index is 628. The van der Waals surface area contributed by atoms with E-state index in [1.807, 2.05) is 6.92 Å². The normalized spacial score (nSPS) is 16.7. The number of aromatic nitrogens is 2. The maximum atomic E-state index is 12.6. The minimum atomic E-state index is -3.59. The minimum absolute atomic E-state index is 0.00387. The van der Waals surface area contributed by atoms with Crippen molar-refractivity contribution in [1.29, 1.82) is 0 Å². The van der Waals surface area contributed by atoms with E-state index >= 15 is 0 Å². The predicted octanol–water partition coefficient (Wildman–Crippen LogP) is -0.0120. The summed E-state index contributed by atoms with van der Waals surface area (Å²) >= 11 is 0. The zero-order valence-electron chi connectivity index (χ0n) is 13.9. The number of ether oxygens (including phenoxy) is 1. The Morgan fingerprint density at radius 2 is 1.96 bits per heavy atom. The molecule has 1 aliphatic heterocycles. The Hall–Kier alpha value is -1.45. The molecule has 2 heterocycles. The van der Waals surface area contributed by atoms with Crippen LogP contribution in [0, 0.1) is 6.92 Å². The average Bonchev–Trinajstić information content (AvgIpc) is 2.88. The number of aryl methyl sites for hydroxylation is 2. The molecule has 0 aliphatic carbocycles. The van der Waals surface area contributed by atoms with Crippen molar-refractivity contribution in [3.63, 3.8) is 0 Å². The molecule has 23 heavy (non-hydrogen) atoms. The standard InChI is InChI=1S/C14H24N4O4S/c1-4-22-10-5-14(19)17-6-8-18(9-7-17)23(20,21)13-11-16(3)12(2)15-13/h11H,4-10H2,1-3H3. The summed E-state index contributed by atoms with van der Waals surface area (Å²) in [5.74, 6) is 0.650. The molecule has 0 saturated carbocycles. The summed E-state index contributed by atoms with van der Waals surface area (Å²) in [4.78, 5) is 17.8. The third kappa shape index (κ3) is 4.10. The largest absolute Gasteiger partial charge is 0.381 e. The van der Waals surface area contributed by atoms with Crippen LogP contribution in [-0.4, -0.2) is 72.5 Å². The Balaban J connectivity index is 1.94. The van der Waals surface area contributed by atoms with Crippen molar-refractivity contribution in [3.8, 4) is 0 Å². The molecule has 1 fully saturated rings. The molecule has 8 nitrogen and oxygen atoms in total. The average molecular weight is 344 g/mol. The van der Waals surface area contributed by atoms with Crippen molar-refractivity contribution in [2.24, 2.45) is 7.05 Å². The first-order chi connectivity index (χ1) is 10.9. The van der Waals surface area contributed by atoms with E-state index in [1.165, 1.54) is 10.5 Å². The van der Waals surface area contributed by atoms with Crippen molar-refractivity contribution < 1.29 is 17.9 Å². The number of carbonyl (C=O) groups excluding carboxylic acids is 1. The van der Waals surface area contributed by atoms with Crippen LogP contribution >= 0.6 is 0 Å². The second-order valence-corrected chi connectivity index (χ2v) is 7.35. The Labute approximate surface area is 137 Å². The number of rotatable bonds is 6. The van der Waals surface area contributed by atoms with Crippen LogP contribution in [0.25, 0.3) is 0 Å². The molecule has 0 bridgehead atoms. The minimum Gasteiger partial charge on any atom is -0.381 e. The van der Waals surface area contributed by atoms with E-state index in [-0.39, 0.29) is 10.9 Å². The number of hydrogen-bond donors (Lipinski definition) is 0. The first-order valence-corrected chi connectivity index (χ1v) is 9.16. The summed E-state index contributed by atoms with van der Waals surface area (Å²) < 4.78 is 33.4. The van der Waals surface area contributed by atoms with Crippen molar-refractivity contribution in [3.05, 3.63) is 12.0 Å². The lowest BCUT2D eigenvalue weighted by molar-refractivity contribution is -0.133. The van der Waals surface area contributed by atoms with Crippen LogP contribution in [0.3, 0.4) is 0 Å². The fourth-order valence-electron chi connectivity index (χ4n) is 2.42. The van der Waals surface area contributed by atoms with Crippen LogP contribution < -0.4 is 0 Å². The van der Waals surface area contributed by atoms with Crippen LogP contribution in [0.15, 0.2) is 11.2 Å². The van der Waals surface area contributed by atoms with Gasteiger partial charge < -0.3 is 14.2 Å². The lowest BCUT2D eigenvalue weighted by atomic mass is 10.3. The highest BCUT2D eigenvalue weighted by atomic mass is 32.2. The number of amides is 1. The van der Waals surface area contributed by atoms with Gasteiger partial charge in [0.1, 0.15) is 5.82 Å². The van der Waals surface area contributed by atoms with Crippen LogP contribution in [0.5, 0.6) is 0 Å². The monoisotopic (exact) mass is 344 g/mol. The molecule has 1 saturated heterocycles. The van der Waals surface area contributed by atoms with Gasteiger partial charge in [-0.15, -0.1) is 0 Å². The lowest BCUT2D eigenvalue weighted by Crippen LogP contribution is -2.50.